The number of hydrogen-bond acceptors (Lipinski definition) is 5. The highest BCUT2D eigenvalue weighted by atomic mass is 16.4. The molecule has 0 bridgehead atoms. The monoisotopic (exact) mass is 260 g/mol. The van der Waals surface area contributed by atoms with Crippen molar-refractivity contribution in [2.75, 3.05) is 0 Å². The molecule has 0 saturated heterocycles. The Balaban J connectivity index is 2.03. The van der Waals surface area contributed by atoms with Gasteiger partial charge in [-0.15, -0.1) is 0 Å². The van der Waals surface area contributed by atoms with Crippen molar-refractivity contribution < 1.29 is 18.7 Å². The first-order chi connectivity index (χ1) is 9.15. The number of furan rings is 1. The maximum Gasteiger partial charge on any atom is 0.421 e. The summed E-state index contributed by atoms with van der Waals surface area (Å²) in [6.07, 6.45) is 2.66. The van der Waals surface area contributed by atoms with E-state index < -0.39 is 11.7 Å². The van der Waals surface area contributed by atoms with E-state index in [-0.39, 0.29) is 12.1 Å². The fourth-order valence-corrected chi connectivity index (χ4v) is 1.77. The molecule has 0 radical (unpaired) electrons. The summed E-state index contributed by atoms with van der Waals surface area (Å²) < 4.78 is 11.4. The molecule has 0 unspecified atom stereocenters. The third-order valence-electron chi connectivity index (χ3n) is 2.64. The number of hydrogen-bond donors (Lipinski definition) is 1. The van der Waals surface area contributed by atoms with E-state index in [0.717, 1.165) is 6.26 Å². The van der Waals surface area contributed by atoms with E-state index in [0.29, 0.717) is 17.0 Å². The first-order valence-corrected chi connectivity index (χ1v) is 5.40. The molecule has 0 spiro atoms. The Kier molecular flexibility index (Phi) is 2.45. The first-order valence-electron chi connectivity index (χ1n) is 5.40. The van der Waals surface area contributed by atoms with Gasteiger partial charge in [-0.25, -0.2) is 14.6 Å². The first kappa shape index (κ1) is 11.3. The van der Waals surface area contributed by atoms with Crippen molar-refractivity contribution in [2.24, 2.45) is 0 Å². The van der Waals surface area contributed by atoms with Crippen molar-refractivity contribution in [3.8, 4) is 0 Å². The molecule has 7 nitrogen and oxygen atoms in total. The fraction of sp³-hybridized carbons (Fsp3) is 0.0833. The fourth-order valence-electron chi connectivity index (χ4n) is 1.77. The smallest absolute Gasteiger partial charge is 0.421 e. The van der Waals surface area contributed by atoms with Crippen LogP contribution in [0.15, 0.2) is 44.3 Å². The minimum Gasteiger partial charge on any atom is -0.478 e. The van der Waals surface area contributed by atoms with Crippen molar-refractivity contribution in [1.82, 2.24) is 9.55 Å². The minimum absolute atomic E-state index is 0.0313. The molecule has 7 heteroatoms. The van der Waals surface area contributed by atoms with E-state index in [1.54, 1.807) is 18.3 Å². The third-order valence-corrected chi connectivity index (χ3v) is 2.64. The lowest BCUT2D eigenvalue weighted by Gasteiger charge is -1.97. The second kappa shape index (κ2) is 4.13. The largest absolute Gasteiger partial charge is 0.478 e. The summed E-state index contributed by atoms with van der Waals surface area (Å²) in [5.74, 6) is -1.31. The van der Waals surface area contributed by atoms with Crippen LogP contribution >= 0.6 is 0 Å². The number of carbonyl (C=O) groups is 1. The zero-order valence-electron chi connectivity index (χ0n) is 9.57. The molecule has 0 aliphatic heterocycles. The molecule has 19 heavy (non-hydrogen) atoms. The number of oxazole rings is 1. The lowest BCUT2D eigenvalue weighted by atomic mass is 10.3. The highest BCUT2D eigenvalue weighted by molar-refractivity contribution is 5.87. The van der Waals surface area contributed by atoms with Crippen molar-refractivity contribution in [1.29, 1.82) is 0 Å². The predicted octanol–water partition coefficient (Wildman–Crippen LogP) is 1.33. The van der Waals surface area contributed by atoms with Gasteiger partial charge in [0.15, 0.2) is 11.2 Å². The lowest BCUT2D eigenvalue weighted by molar-refractivity contribution is 0.0696. The van der Waals surface area contributed by atoms with Crippen molar-refractivity contribution in [3.63, 3.8) is 0 Å². The van der Waals surface area contributed by atoms with Crippen LogP contribution in [0.3, 0.4) is 0 Å². The Labute approximate surface area is 105 Å². The van der Waals surface area contributed by atoms with E-state index in [1.165, 1.54) is 10.6 Å². The third kappa shape index (κ3) is 1.90. The average Bonchev–Trinajstić information content (AvgIpc) is 2.96. The van der Waals surface area contributed by atoms with Gasteiger partial charge >= 0.3 is 11.7 Å². The maximum absolute atomic E-state index is 11.7. The van der Waals surface area contributed by atoms with Gasteiger partial charge < -0.3 is 13.9 Å². The quantitative estimate of drug-likeness (QED) is 0.762. The van der Waals surface area contributed by atoms with Gasteiger partial charge in [-0.05, 0) is 18.2 Å². The topological polar surface area (TPSA) is 98.5 Å². The Morgan fingerprint density at radius 2 is 2.32 bits per heavy atom. The second-order valence-electron chi connectivity index (χ2n) is 3.89. The molecule has 0 aromatic carbocycles. The zero-order valence-corrected chi connectivity index (χ0v) is 9.57. The zero-order chi connectivity index (χ0) is 13.4. The summed E-state index contributed by atoms with van der Waals surface area (Å²) in [4.78, 5) is 26.5. The van der Waals surface area contributed by atoms with Crippen LogP contribution in [0.5, 0.6) is 0 Å². The number of fused-ring (bicyclic) bond motifs is 1. The summed E-state index contributed by atoms with van der Waals surface area (Å²) in [5.41, 5.74) is 0.794. The molecule has 0 atom stereocenters. The van der Waals surface area contributed by atoms with Crippen molar-refractivity contribution in [2.45, 2.75) is 6.54 Å². The van der Waals surface area contributed by atoms with E-state index in [1.807, 2.05) is 0 Å². The summed E-state index contributed by atoms with van der Waals surface area (Å²) in [6, 6.07) is 4.65. The number of nitrogens with zero attached hydrogens (tertiary/aromatic N) is 2. The van der Waals surface area contributed by atoms with Crippen LogP contribution in [0.25, 0.3) is 11.2 Å². The van der Waals surface area contributed by atoms with Gasteiger partial charge in [-0.1, -0.05) is 0 Å². The highest BCUT2D eigenvalue weighted by Gasteiger charge is 2.14. The van der Waals surface area contributed by atoms with Crippen molar-refractivity contribution >= 4 is 17.2 Å². The molecule has 0 saturated carbocycles. The van der Waals surface area contributed by atoms with Crippen LogP contribution in [0.2, 0.25) is 0 Å². The summed E-state index contributed by atoms with van der Waals surface area (Å²) >= 11 is 0. The molecule has 3 aromatic heterocycles. The molecule has 3 heterocycles. The molecular weight excluding hydrogens is 252 g/mol. The standard InChI is InChI=1S/C12H8N2O5/c15-11(16)7-4-8(18-6-7)5-14-10-9(19-12(14)17)2-1-3-13-10/h1-4,6H,5H2,(H,15,16). The molecule has 0 amide bonds. The molecule has 3 aromatic rings. The molecule has 96 valence electrons. The van der Waals surface area contributed by atoms with Crippen LogP contribution in [-0.2, 0) is 6.54 Å². The molecule has 3 rings (SSSR count). The highest BCUT2D eigenvalue weighted by Crippen LogP contribution is 2.13. The lowest BCUT2D eigenvalue weighted by Crippen LogP contribution is -2.15. The summed E-state index contributed by atoms with van der Waals surface area (Å²) in [7, 11) is 0. The SMILES string of the molecule is O=C(O)c1coc(Cn2c(=O)oc3cccnc32)c1. The van der Waals surface area contributed by atoms with Gasteiger partial charge in [0.25, 0.3) is 0 Å². The van der Waals surface area contributed by atoms with Gasteiger partial charge in [0, 0.05) is 6.20 Å². The van der Waals surface area contributed by atoms with Gasteiger partial charge in [0.05, 0.1) is 12.1 Å². The van der Waals surface area contributed by atoms with E-state index in [2.05, 4.69) is 4.98 Å². The van der Waals surface area contributed by atoms with Gasteiger partial charge in [-0.3, -0.25) is 4.57 Å². The Morgan fingerprint density at radius 1 is 1.47 bits per heavy atom. The summed E-state index contributed by atoms with van der Waals surface area (Å²) in [6.45, 7) is 0.0656. The van der Waals surface area contributed by atoms with Gasteiger partial charge in [-0.2, -0.15) is 0 Å². The van der Waals surface area contributed by atoms with Crippen LogP contribution in [0.1, 0.15) is 16.1 Å². The molecular formula is C12H8N2O5. The Hall–Kier alpha value is -2.83. The number of aromatic carboxylic acids is 1. The van der Waals surface area contributed by atoms with Crippen LogP contribution in [0.4, 0.5) is 0 Å². The normalized spacial score (nSPS) is 10.9. The minimum atomic E-state index is -1.09. The molecule has 0 aliphatic rings. The number of aromatic nitrogens is 2. The molecule has 0 fully saturated rings. The van der Waals surface area contributed by atoms with Crippen LogP contribution in [0, 0.1) is 0 Å². The van der Waals surface area contributed by atoms with E-state index in [4.69, 9.17) is 13.9 Å². The predicted molar refractivity (Wildman–Crippen MR) is 63.0 cm³/mol. The molecule has 1 N–H and O–H groups in total. The van der Waals surface area contributed by atoms with E-state index >= 15 is 0 Å². The van der Waals surface area contributed by atoms with Crippen molar-refractivity contribution in [3.05, 3.63) is 52.5 Å². The number of carboxylic acids is 1. The van der Waals surface area contributed by atoms with Gasteiger partial charge in [0.2, 0.25) is 0 Å². The maximum atomic E-state index is 11.7. The number of rotatable bonds is 3. The second-order valence-corrected chi connectivity index (χ2v) is 3.89. The van der Waals surface area contributed by atoms with E-state index in [9.17, 15) is 9.59 Å². The Bertz CT molecular complexity index is 811. The number of pyridine rings is 1. The van der Waals surface area contributed by atoms with Crippen LogP contribution in [-0.4, -0.2) is 20.6 Å². The molecule has 0 aliphatic carbocycles. The van der Waals surface area contributed by atoms with Gasteiger partial charge in [0.1, 0.15) is 12.0 Å². The average molecular weight is 260 g/mol. The number of carboxylic acid groups (broad SMARTS) is 1. The van der Waals surface area contributed by atoms with Crippen LogP contribution < -0.4 is 5.76 Å². The Morgan fingerprint density at radius 3 is 3.05 bits per heavy atom. The summed E-state index contributed by atoms with van der Waals surface area (Å²) in [5, 5.41) is 8.79.